The van der Waals surface area contributed by atoms with Gasteiger partial charge in [-0.2, -0.15) is 0 Å². The molecule has 2 aromatic carbocycles. The molecular weight excluding hydrogens is 276 g/mol. The average Bonchev–Trinajstić information content (AvgIpc) is 2.57. The van der Waals surface area contributed by atoms with Crippen LogP contribution < -0.4 is 0 Å². The third-order valence-corrected chi connectivity index (χ3v) is 3.61. The highest BCUT2D eigenvalue weighted by molar-refractivity contribution is 5.14. The zero-order valence-electron chi connectivity index (χ0n) is 13.0. The van der Waals surface area contributed by atoms with Crippen molar-refractivity contribution in [1.29, 1.82) is 0 Å². The first-order valence-corrected chi connectivity index (χ1v) is 7.67. The number of hydrogen-bond acceptors (Lipinski definition) is 3. The molecule has 1 N–H and O–H groups in total. The summed E-state index contributed by atoms with van der Waals surface area (Å²) in [5.74, 6) is 0.137. The lowest BCUT2D eigenvalue weighted by Gasteiger charge is -2.22. The highest BCUT2D eigenvalue weighted by Crippen LogP contribution is 2.12. The van der Waals surface area contributed by atoms with Gasteiger partial charge in [0.1, 0.15) is 0 Å². The zero-order valence-corrected chi connectivity index (χ0v) is 13.0. The number of benzene rings is 2. The molecule has 0 heterocycles. The minimum Gasteiger partial charge on any atom is -0.394 e. The normalized spacial score (nSPS) is 13.7. The minimum atomic E-state index is -0.212. The maximum absolute atomic E-state index is 9.51. The third kappa shape index (κ3) is 5.60. The van der Waals surface area contributed by atoms with Crippen LogP contribution in [0.1, 0.15) is 18.1 Å². The summed E-state index contributed by atoms with van der Waals surface area (Å²) < 4.78 is 11.5. The molecule has 3 heteroatoms. The smallest absolute Gasteiger partial charge is 0.0857 e. The van der Waals surface area contributed by atoms with E-state index in [1.807, 2.05) is 67.6 Å². The highest BCUT2D eigenvalue weighted by Gasteiger charge is 2.17. The summed E-state index contributed by atoms with van der Waals surface area (Å²) in [6.45, 7) is 3.70. The molecule has 118 valence electrons. The first-order valence-electron chi connectivity index (χ1n) is 7.67. The second-order valence-electron chi connectivity index (χ2n) is 5.50. The Morgan fingerprint density at radius 3 is 1.95 bits per heavy atom. The van der Waals surface area contributed by atoms with Crippen molar-refractivity contribution < 1.29 is 14.6 Å². The van der Waals surface area contributed by atoms with Gasteiger partial charge in [-0.05, 0) is 11.1 Å². The van der Waals surface area contributed by atoms with E-state index in [1.165, 1.54) is 0 Å². The summed E-state index contributed by atoms with van der Waals surface area (Å²) in [6, 6.07) is 20.1. The van der Waals surface area contributed by atoms with Crippen molar-refractivity contribution in [3.8, 4) is 0 Å². The SMILES string of the molecule is C[C@@H](COCc1ccccc1)[C@@H](CO)OCc1ccccc1. The van der Waals surface area contributed by atoms with Gasteiger partial charge in [-0.25, -0.2) is 0 Å². The Morgan fingerprint density at radius 2 is 1.41 bits per heavy atom. The number of aliphatic hydroxyl groups is 1. The lowest BCUT2D eigenvalue weighted by Crippen LogP contribution is -2.29. The Morgan fingerprint density at radius 1 is 0.864 bits per heavy atom. The molecule has 0 saturated carbocycles. The van der Waals surface area contributed by atoms with Gasteiger partial charge in [0, 0.05) is 5.92 Å². The van der Waals surface area contributed by atoms with Gasteiger partial charge in [-0.15, -0.1) is 0 Å². The predicted octanol–water partition coefficient (Wildman–Crippen LogP) is 3.42. The van der Waals surface area contributed by atoms with Crippen molar-refractivity contribution >= 4 is 0 Å². The van der Waals surface area contributed by atoms with Gasteiger partial charge in [-0.3, -0.25) is 0 Å². The maximum atomic E-state index is 9.51. The summed E-state index contributed by atoms with van der Waals surface area (Å²) in [5.41, 5.74) is 2.26. The van der Waals surface area contributed by atoms with Crippen LogP contribution in [0.3, 0.4) is 0 Å². The van der Waals surface area contributed by atoms with Crippen LogP contribution in [0.25, 0.3) is 0 Å². The molecule has 0 aromatic heterocycles. The number of hydrogen-bond donors (Lipinski definition) is 1. The first kappa shape index (κ1) is 16.7. The Labute approximate surface area is 132 Å². The fourth-order valence-corrected chi connectivity index (χ4v) is 2.22. The van der Waals surface area contributed by atoms with E-state index in [0.717, 1.165) is 11.1 Å². The molecule has 3 nitrogen and oxygen atoms in total. The van der Waals surface area contributed by atoms with E-state index in [1.54, 1.807) is 0 Å². The predicted molar refractivity (Wildman–Crippen MR) is 87.4 cm³/mol. The summed E-state index contributed by atoms with van der Waals surface area (Å²) in [4.78, 5) is 0. The molecule has 22 heavy (non-hydrogen) atoms. The van der Waals surface area contributed by atoms with Gasteiger partial charge in [-0.1, -0.05) is 67.6 Å². The summed E-state index contributed by atoms with van der Waals surface area (Å²) in [5, 5.41) is 9.51. The van der Waals surface area contributed by atoms with Crippen LogP contribution in [0.5, 0.6) is 0 Å². The van der Waals surface area contributed by atoms with E-state index in [0.29, 0.717) is 19.8 Å². The maximum Gasteiger partial charge on any atom is 0.0857 e. The van der Waals surface area contributed by atoms with E-state index < -0.39 is 0 Å². The molecule has 0 spiro atoms. The summed E-state index contributed by atoms with van der Waals surface area (Å²) in [6.07, 6.45) is -0.212. The molecule has 0 aliphatic heterocycles. The molecule has 0 radical (unpaired) electrons. The van der Waals surface area contributed by atoms with Crippen LogP contribution >= 0.6 is 0 Å². The molecule has 2 aromatic rings. The van der Waals surface area contributed by atoms with Gasteiger partial charge in [0.25, 0.3) is 0 Å². The molecule has 2 atom stereocenters. The lowest BCUT2D eigenvalue weighted by atomic mass is 10.1. The quantitative estimate of drug-likeness (QED) is 0.771. The molecule has 0 saturated heterocycles. The Hall–Kier alpha value is -1.68. The molecule has 0 bridgehead atoms. The van der Waals surface area contributed by atoms with Crippen LogP contribution in [0, 0.1) is 5.92 Å². The molecule has 2 rings (SSSR count). The number of ether oxygens (including phenoxy) is 2. The fourth-order valence-electron chi connectivity index (χ4n) is 2.22. The van der Waals surface area contributed by atoms with Crippen molar-refractivity contribution in [3.05, 3.63) is 71.8 Å². The van der Waals surface area contributed by atoms with Gasteiger partial charge in [0.15, 0.2) is 0 Å². The summed E-state index contributed by atoms with van der Waals surface area (Å²) >= 11 is 0. The van der Waals surface area contributed by atoms with E-state index in [4.69, 9.17) is 9.47 Å². The largest absolute Gasteiger partial charge is 0.394 e. The van der Waals surface area contributed by atoms with Crippen molar-refractivity contribution in [1.82, 2.24) is 0 Å². The Bertz CT molecular complexity index is 513. The Balaban J connectivity index is 1.73. The Kier molecular flexibility index (Phi) is 7.10. The van der Waals surface area contributed by atoms with E-state index in [2.05, 4.69) is 0 Å². The molecule has 0 amide bonds. The molecular formula is C19H24O3. The molecule has 0 unspecified atom stereocenters. The number of rotatable bonds is 9. The highest BCUT2D eigenvalue weighted by atomic mass is 16.5. The summed E-state index contributed by atoms with van der Waals surface area (Å²) in [7, 11) is 0. The van der Waals surface area contributed by atoms with Gasteiger partial charge in [0.2, 0.25) is 0 Å². The van der Waals surface area contributed by atoms with E-state index in [-0.39, 0.29) is 18.6 Å². The minimum absolute atomic E-state index is 0.00268. The van der Waals surface area contributed by atoms with Gasteiger partial charge in [0.05, 0.1) is 32.5 Å². The topological polar surface area (TPSA) is 38.7 Å². The third-order valence-electron chi connectivity index (χ3n) is 3.61. The van der Waals surface area contributed by atoms with Crippen LogP contribution in [0.4, 0.5) is 0 Å². The lowest BCUT2D eigenvalue weighted by molar-refractivity contribution is -0.0533. The van der Waals surface area contributed by atoms with Crippen molar-refractivity contribution in [2.75, 3.05) is 13.2 Å². The van der Waals surface area contributed by atoms with Gasteiger partial charge < -0.3 is 14.6 Å². The van der Waals surface area contributed by atoms with Crippen molar-refractivity contribution in [2.24, 2.45) is 5.92 Å². The molecule has 0 aliphatic carbocycles. The first-order chi connectivity index (χ1) is 10.8. The second-order valence-corrected chi connectivity index (χ2v) is 5.50. The standard InChI is InChI=1S/C19H24O3/c1-16(13-21-14-17-8-4-2-5-9-17)19(12-20)22-15-18-10-6-3-7-11-18/h2-11,16,19-20H,12-15H2,1H3/t16-,19+/m0/s1. The van der Waals surface area contributed by atoms with Crippen LogP contribution in [0.15, 0.2) is 60.7 Å². The van der Waals surface area contributed by atoms with E-state index >= 15 is 0 Å². The number of aliphatic hydroxyl groups excluding tert-OH is 1. The zero-order chi connectivity index (χ0) is 15.6. The van der Waals surface area contributed by atoms with Crippen molar-refractivity contribution in [3.63, 3.8) is 0 Å². The van der Waals surface area contributed by atoms with Crippen LogP contribution in [-0.2, 0) is 22.7 Å². The molecule has 0 fully saturated rings. The van der Waals surface area contributed by atoms with Crippen molar-refractivity contribution in [2.45, 2.75) is 26.2 Å². The van der Waals surface area contributed by atoms with Gasteiger partial charge >= 0.3 is 0 Å². The second kappa shape index (κ2) is 9.36. The van der Waals surface area contributed by atoms with E-state index in [9.17, 15) is 5.11 Å². The monoisotopic (exact) mass is 300 g/mol. The fraction of sp³-hybridized carbons (Fsp3) is 0.368. The molecule has 0 aliphatic rings. The average molecular weight is 300 g/mol. The van der Waals surface area contributed by atoms with Crippen LogP contribution in [0.2, 0.25) is 0 Å². The van der Waals surface area contributed by atoms with Crippen LogP contribution in [-0.4, -0.2) is 24.4 Å².